The minimum Gasteiger partial charge on any atom is -0.389 e. The molecule has 1 N–H and O–H groups in total. The molecule has 1 heterocycles. The molecule has 3 unspecified atom stereocenters. The number of hydrogen-bond acceptors (Lipinski definition) is 2. The maximum absolute atomic E-state index is 10.2. The van der Waals surface area contributed by atoms with E-state index in [4.69, 9.17) is 4.74 Å². The third-order valence-corrected chi connectivity index (χ3v) is 3.53. The monoisotopic (exact) mass is 172 g/mol. The molecule has 72 valence electrons. The van der Waals surface area contributed by atoms with Crippen molar-refractivity contribution in [3.8, 4) is 0 Å². The summed E-state index contributed by atoms with van der Waals surface area (Å²) < 4.78 is 5.68. The molecule has 0 aromatic carbocycles. The Labute approximate surface area is 74.9 Å². The maximum atomic E-state index is 10.2. The van der Waals surface area contributed by atoms with Gasteiger partial charge in [0.25, 0.3) is 0 Å². The van der Waals surface area contributed by atoms with E-state index < -0.39 is 5.60 Å². The van der Waals surface area contributed by atoms with Crippen molar-refractivity contribution in [3.05, 3.63) is 0 Å². The molecule has 1 fully saturated rings. The van der Waals surface area contributed by atoms with Gasteiger partial charge in [-0.2, -0.15) is 0 Å². The first-order valence-electron chi connectivity index (χ1n) is 4.65. The Hall–Kier alpha value is -0.0800. The standard InChI is InChI=1S/C10H20O2/c1-7-6-10(5,11)9(3,4)8(2)12-7/h7-8,11H,6H2,1-5H3. The van der Waals surface area contributed by atoms with Crippen molar-refractivity contribution >= 4 is 0 Å². The zero-order valence-electron chi connectivity index (χ0n) is 8.72. The van der Waals surface area contributed by atoms with E-state index in [-0.39, 0.29) is 17.6 Å². The number of ether oxygens (including phenoxy) is 1. The molecule has 3 atom stereocenters. The molecule has 1 rings (SSSR count). The summed E-state index contributed by atoms with van der Waals surface area (Å²) in [6.45, 7) is 10.1. The summed E-state index contributed by atoms with van der Waals surface area (Å²) in [4.78, 5) is 0. The molecule has 0 spiro atoms. The summed E-state index contributed by atoms with van der Waals surface area (Å²) in [6, 6.07) is 0. The van der Waals surface area contributed by atoms with Gasteiger partial charge in [-0.25, -0.2) is 0 Å². The molecule has 0 aromatic heterocycles. The fourth-order valence-electron chi connectivity index (χ4n) is 1.83. The van der Waals surface area contributed by atoms with Gasteiger partial charge >= 0.3 is 0 Å². The maximum Gasteiger partial charge on any atom is 0.0719 e. The summed E-state index contributed by atoms with van der Waals surface area (Å²) in [5.74, 6) is 0. The SMILES string of the molecule is CC1CC(C)(O)C(C)(C)C(C)O1. The fraction of sp³-hybridized carbons (Fsp3) is 1.00. The minimum atomic E-state index is -0.607. The highest BCUT2D eigenvalue weighted by molar-refractivity contribution is 4.98. The number of aliphatic hydroxyl groups is 1. The Morgan fingerprint density at radius 2 is 1.75 bits per heavy atom. The highest BCUT2D eigenvalue weighted by Crippen LogP contribution is 2.43. The van der Waals surface area contributed by atoms with Crippen LogP contribution in [0.25, 0.3) is 0 Å². The zero-order valence-corrected chi connectivity index (χ0v) is 8.72. The molecule has 1 aliphatic rings. The predicted molar refractivity (Wildman–Crippen MR) is 49.0 cm³/mol. The Bertz CT molecular complexity index is 173. The van der Waals surface area contributed by atoms with Gasteiger partial charge in [-0.1, -0.05) is 13.8 Å². The Morgan fingerprint density at radius 1 is 1.25 bits per heavy atom. The molecule has 0 radical (unpaired) electrons. The largest absolute Gasteiger partial charge is 0.389 e. The van der Waals surface area contributed by atoms with Crippen LogP contribution in [0.15, 0.2) is 0 Å². The lowest BCUT2D eigenvalue weighted by molar-refractivity contribution is -0.207. The molecular formula is C10H20O2. The van der Waals surface area contributed by atoms with Crippen molar-refractivity contribution in [2.75, 3.05) is 0 Å². The molecule has 0 aromatic rings. The van der Waals surface area contributed by atoms with Crippen LogP contribution >= 0.6 is 0 Å². The topological polar surface area (TPSA) is 29.5 Å². The smallest absolute Gasteiger partial charge is 0.0719 e. The van der Waals surface area contributed by atoms with Crippen LogP contribution in [0.1, 0.15) is 41.0 Å². The quantitative estimate of drug-likeness (QED) is 0.605. The second-order valence-corrected chi connectivity index (χ2v) is 4.79. The Kier molecular flexibility index (Phi) is 2.26. The second kappa shape index (κ2) is 2.71. The van der Waals surface area contributed by atoms with Gasteiger partial charge in [0, 0.05) is 11.8 Å². The summed E-state index contributed by atoms with van der Waals surface area (Å²) in [5, 5.41) is 10.2. The van der Waals surface area contributed by atoms with E-state index >= 15 is 0 Å². The van der Waals surface area contributed by atoms with Gasteiger partial charge in [-0.3, -0.25) is 0 Å². The number of hydrogen-bond donors (Lipinski definition) is 1. The molecule has 0 bridgehead atoms. The van der Waals surface area contributed by atoms with Crippen molar-refractivity contribution in [1.82, 2.24) is 0 Å². The van der Waals surface area contributed by atoms with Crippen LogP contribution in [0.2, 0.25) is 0 Å². The molecule has 1 saturated heterocycles. The van der Waals surface area contributed by atoms with Crippen molar-refractivity contribution in [2.45, 2.75) is 58.8 Å². The summed E-state index contributed by atoms with van der Waals surface area (Å²) in [7, 11) is 0. The van der Waals surface area contributed by atoms with Gasteiger partial charge in [0.05, 0.1) is 17.8 Å². The highest BCUT2D eigenvalue weighted by atomic mass is 16.5. The summed E-state index contributed by atoms with van der Waals surface area (Å²) >= 11 is 0. The summed E-state index contributed by atoms with van der Waals surface area (Å²) in [6.07, 6.45) is 1.02. The molecule has 1 aliphatic heterocycles. The van der Waals surface area contributed by atoms with E-state index in [9.17, 15) is 5.11 Å². The van der Waals surface area contributed by atoms with Crippen LogP contribution < -0.4 is 0 Å². The third-order valence-electron chi connectivity index (χ3n) is 3.53. The van der Waals surface area contributed by atoms with Gasteiger partial charge in [0.1, 0.15) is 0 Å². The van der Waals surface area contributed by atoms with Crippen molar-refractivity contribution in [2.24, 2.45) is 5.41 Å². The first-order valence-corrected chi connectivity index (χ1v) is 4.65. The molecule has 2 nitrogen and oxygen atoms in total. The molecule has 0 amide bonds. The Morgan fingerprint density at radius 3 is 2.17 bits per heavy atom. The van der Waals surface area contributed by atoms with Crippen molar-refractivity contribution in [1.29, 1.82) is 0 Å². The van der Waals surface area contributed by atoms with Gasteiger partial charge in [0.2, 0.25) is 0 Å². The van der Waals surface area contributed by atoms with E-state index in [0.717, 1.165) is 6.42 Å². The lowest BCUT2D eigenvalue weighted by Gasteiger charge is -2.50. The van der Waals surface area contributed by atoms with E-state index in [1.165, 1.54) is 0 Å². The first kappa shape index (κ1) is 10.0. The second-order valence-electron chi connectivity index (χ2n) is 4.79. The van der Waals surface area contributed by atoms with E-state index in [1.807, 2.05) is 20.8 Å². The van der Waals surface area contributed by atoms with E-state index in [0.29, 0.717) is 0 Å². The van der Waals surface area contributed by atoms with Gasteiger partial charge in [-0.15, -0.1) is 0 Å². The zero-order chi connectivity index (χ0) is 9.57. The third kappa shape index (κ3) is 1.38. The Balaban J connectivity index is 2.86. The summed E-state index contributed by atoms with van der Waals surface area (Å²) in [5.41, 5.74) is -0.760. The normalized spacial score (nSPS) is 47.5. The first-order chi connectivity index (χ1) is 5.27. The lowest BCUT2D eigenvalue weighted by Crippen LogP contribution is -2.56. The average Bonchev–Trinajstić information content (AvgIpc) is 1.82. The minimum absolute atomic E-state index is 0.122. The van der Waals surface area contributed by atoms with Crippen LogP contribution in [0.4, 0.5) is 0 Å². The lowest BCUT2D eigenvalue weighted by atomic mass is 9.68. The van der Waals surface area contributed by atoms with Crippen LogP contribution in [0, 0.1) is 5.41 Å². The van der Waals surface area contributed by atoms with Crippen LogP contribution in [0.5, 0.6) is 0 Å². The molecule has 12 heavy (non-hydrogen) atoms. The van der Waals surface area contributed by atoms with Crippen LogP contribution in [0.3, 0.4) is 0 Å². The number of rotatable bonds is 0. The molecule has 0 saturated carbocycles. The van der Waals surface area contributed by atoms with Crippen LogP contribution in [-0.4, -0.2) is 22.9 Å². The van der Waals surface area contributed by atoms with Crippen molar-refractivity contribution < 1.29 is 9.84 Å². The van der Waals surface area contributed by atoms with Gasteiger partial charge in [0.15, 0.2) is 0 Å². The highest BCUT2D eigenvalue weighted by Gasteiger charge is 2.48. The fourth-order valence-corrected chi connectivity index (χ4v) is 1.83. The molecule has 2 heteroatoms. The van der Waals surface area contributed by atoms with Crippen LogP contribution in [-0.2, 0) is 4.74 Å². The van der Waals surface area contributed by atoms with Crippen molar-refractivity contribution in [3.63, 3.8) is 0 Å². The molecular weight excluding hydrogens is 152 g/mol. The van der Waals surface area contributed by atoms with E-state index in [2.05, 4.69) is 13.8 Å². The average molecular weight is 172 g/mol. The molecule has 0 aliphatic carbocycles. The van der Waals surface area contributed by atoms with Gasteiger partial charge in [-0.05, 0) is 20.8 Å². The predicted octanol–water partition coefficient (Wildman–Crippen LogP) is 1.96. The van der Waals surface area contributed by atoms with Gasteiger partial charge < -0.3 is 9.84 Å². The van der Waals surface area contributed by atoms with E-state index in [1.54, 1.807) is 0 Å².